The predicted molar refractivity (Wildman–Crippen MR) is 78.4 cm³/mol. The van der Waals surface area contributed by atoms with Gasteiger partial charge in [0.2, 0.25) is 0 Å². The molecule has 0 aromatic heterocycles. The Morgan fingerprint density at radius 2 is 2.00 bits per heavy atom. The predicted octanol–water partition coefficient (Wildman–Crippen LogP) is 1.59. The summed E-state index contributed by atoms with van der Waals surface area (Å²) in [6.07, 6.45) is 2.45. The van der Waals surface area contributed by atoms with E-state index in [0.717, 1.165) is 13.1 Å². The lowest BCUT2D eigenvalue weighted by Crippen LogP contribution is -2.43. The molecule has 3 nitrogen and oxygen atoms in total. The molecule has 18 heavy (non-hydrogen) atoms. The Morgan fingerprint density at radius 1 is 1.22 bits per heavy atom. The summed E-state index contributed by atoms with van der Waals surface area (Å²) in [5, 5.41) is 3.40. The average Bonchev–Trinajstić information content (AvgIpc) is 2.40. The van der Waals surface area contributed by atoms with E-state index in [1.807, 2.05) is 0 Å². The summed E-state index contributed by atoms with van der Waals surface area (Å²) in [5.41, 5.74) is 2.76. The highest BCUT2D eigenvalue weighted by Gasteiger charge is 2.08. The monoisotopic (exact) mass is 247 g/mol. The minimum atomic E-state index is 1.15. The summed E-state index contributed by atoms with van der Waals surface area (Å²) in [4.78, 5) is 4.73. The minimum Gasteiger partial charge on any atom is -0.378 e. The van der Waals surface area contributed by atoms with Crippen LogP contribution in [0.1, 0.15) is 12.0 Å². The minimum absolute atomic E-state index is 1.15. The van der Waals surface area contributed by atoms with Crippen molar-refractivity contribution >= 4 is 5.69 Å². The van der Waals surface area contributed by atoms with Crippen LogP contribution in [0.5, 0.6) is 0 Å². The molecule has 0 radical (unpaired) electrons. The number of rotatable bonds is 5. The molecule has 1 heterocycles. The van der Waals surface area contributed by atoms with Crippen molar-refractivity contribution in [3.8, 4) is 0 Å². The van der Waals surface area contributed by atoms with Crippen LogP contribution in [0.4, 0.5) is 5.69 Å². The molecule has 2 rings (SSSR count). The summed E-state index contributed by atoms with van der Waals surface area (Å²) in [5.74, 6) is 0. The van der Waals surface area contributed by atoms with Crippen LogP contribution in [0.3, 0.4) is 0 Å². The van der Waals surface area contributed by atoms with Crippen molar-refractivity contribution in [1.82, 2.24) is 10.2 Å². The third-order valence-corrected chi connectivity index (χ3v) is 3.58. The van der Waals surface area contributed by atoms with Gasteiger partial charge in [0.05, 0.1) is 0 Å². The molecule has 1 aromatic carbocycles. The Hall–Kier alpha value is -1.06. The van der Waals surface area contributed by atoms with Crippen molar-refractivity contribution in [2.45, 2.75) is 12.8 Å². The van der Waals surface area contributed by atoms with E-state index in [1.165, 1.54) is 43.7 Å². The highest BCUT2D eigenvalue weighted by atomic mass is 15.2. The van der Waals surface area contributed by atoms with Crippen molar-refractivity contribution in [3.63, 3.8) is 0 Å². The number of anilines is 1. The molecule has 1 saturated heterocycles. The van der Waals surface area contributed by atoms with Crippen molar-refractivity contribution < 1.29 is 0 Å². The van der Waals surface area contributed by atoms with E-state index in [0.29, 0.717) is 0 Å². The summed E-state index contributed by atoms with van der Waals surface area (Å²) in [6.45, 7) is 5.94. The van der Waals surface area contributed by atoms with E-state index in [4.69, 9.17) is 0 Å². The van der Waals surface area contributed by atoms with Gasteiger partial charge in [-0.05, 0) is 37.1 Å². The van der Waals surface area contributed by atoms with Crippen LogP contribution in [0.15, 0.2) is 24.3 Å². The topological polar surface area (TPSA) is 18.5 Å². The van der Waals surface area contributed by atoms with Crippen LogP contribution in [-0.4, -0.2) is 51.7 Å². The molecule has 1 N–H and O–H groups in total. The largest absolute Gasteiger partial charge is 0.378 e. The summed E-state index contributed by atoms with van der Waals surface area (Å²) < 4.78 is 0. The van der Waals surface area contributed by atoms with Gasteiger partial charge in [-0.3, -0.25) is 0 Å². The fourth-order valence-corrected chi connectivity index (χ4v) is 2.43. The van der Waals surface area contributed by atoms with Gasteiger partial charge in [0.15, 0.2) is 0 Å². The highest BCUT2D eigenvalue weighted by Crippen LogP contribution is 2.14. The Labute approximate surface area is 111 Å². The molecular formula is C15H25N3. The zero-order valence-corrected chi connectivity index (χ0v) is 11.7. The summed E-state index contributed by atoms with van der Waals surface area (Å²) in [7, 11) is 4.19. The Bertz CT molecular complexity index is 357. The molecule has 0 aliphatic carbocycles. The molecule has 0 amide bonds. The number of piperazine rings is 1. The van der Waals surface area contributed by atoms with Crippen molar-refractivity contribution in [3.05, 3.63) is 29.8 Å². The number of aryl methyl sites for hydroxylation is 1. The lowest BCUT2D eigenvalue weighted by atomic mass is 10.1. The molecule has 1 aliphatic heterocycles. The van der Waals surface area contributed by atoms with Crippen LogP contribution >= 0.6 is 0 Å². The molecule has 1 aromatic rings. The van der Waals surface area contributed by atoms with Gasteiger partial charge in [0.1, 0.15) is 0 Å². The standard InChI is InChI=1S/C15H25N3/c1-17(2)15-7-3-5-14(13-15)6-4-10-18-11-8-16-9-12-18/h3,5,7,13,16H,4,6,8-12H2,1-2H3. The normalized spacial score (nSPS) is 16.8. The second kappa shape index (κ2) is 6.76. The van der Waals surface area contributed by atoms with E-state index in [2.05, 4.69) is 53.5 Å². The van der Waals surface area contributed by atoms with Gasteiger partial charge >= 0.3 is 0 Å². The molecule has 1 fully saturated rings. The first-order valence-electron chi connectivity index (χ1n) is 6.95. The maximum absolute atomic E-state index is 3.40. The van der Waals surface area contributed by atoms with Crippen LogP contribution in [-0.2, 0) is 6.42 Å². The first kappa shape index (κ1) is 13.4. The molecule has 0 saturated carbocycles. The Morgan fingerprint density at radius 3 is 2.72 bits per heavy atom. The number of hydrogen-bond donors (Lipinski definition) is 1. The van der Waals surface area contributed by atoms with Crippen molar-refractivity contribution in [2.24, 2.45) is 0 Å². The zero-order chi connectivity index (χ0) is 12.8. The summed E-state index contributed by atoms with van der Waals surface area (Å²) in [6, 6.07) is 8.87. The third-order valence-electron chi connectivity index (χ3n) is 3.58. The molecular weight excluding hydrogens is 222 g/mol. The average molecular weight is 247 g/mol. The molecule has 3 heteroatoms. The van der Waals surface area contributed by atoms with Gasteiger partial charge in [0.25, 0.3) is 0 Å². The van der Waals surface area contributed by atoms with E-state index < -0.39 is 0 Å². The maximum atomic E-state index is 3.40. The molecule has 0 unspecified atom stereocenters. The van der Waals surface area contributed by atoms with Gasteiger partial charge in [-0.2, -0.15) is 0 Å². The van der Waals surface area contributed by atoms with Crippen LogP contribution in [0, 0.1) is 0 Å². The van der Waals surface area contributed by atoms with Crippen molar-refractivity contribution in [1.29, 1.82) is 0 Å². The van der Waals surface area contributed by atoms with Gasteiger partial charge < -0.3 is 15.1 Å². The molecule has 100 valence electrons. The molecule has 0 bridgehead atoms. The van der Waals surface area contributed by atoms with E-state index in [9.17, 15) is 0 Å². The number of hydrogen-bond acceptors (Lipinski definition) is 3. The fraction of sp³-hybridized carbons (Fsp3) is 0.600. The molecule has 1 aliphatic rings. The van der Waals surface area contributed by atoms with Gasteiger partial charge in [-0.15, -0.1) is 0 Å². The van der Waals surface area contributed by atoms with Gasteiger partial charge in [-0.25, -0.2) is 0 Å². The van der Waals surface area contributed by atoms with Crippen LogP contribution in [0.25, 0.3) is 0 Å². The molecule has 0 spiro atoms. The van der Waals surface area contributed by atoms with Crippen molar-refractivity contribution in [2.75, 3.05) is 51.7 Å². The SMILES string of the molecule is CN(C)c1cccc(CCCN2CCNCC2)c1. The van der Waals surface area contributed by atoms with E-state index >= 15 is 0 Å². The summed E-state index contributed by atoms with van der Waals surface area (Å²) >= 11 is 0. The highest BCUT2D eigenvalue weighted by molar-refractivity contribution is 5.47. The molecule has 0 atom stereocenters. The third kappa shape index (κ3) is 4.00. The first-order valence-corrected chi connectivity index (χ1v) is 6.95. The zero-order valence-electron chi connectivity index (χ0n) is 11.7. The van der Waals surface area contributed by atoms with E-state index in [-0.39, 0.29) is 0 Å². The van der Waals surface area contributed by atoms with Gasteiger partial charge in [-0.1, -0.05) is 12.1 Å². The lowest BCUT2D eigenvalue weighted by molar-refractivity contribution is 0.238. The number of nitrogens with one attached hydrogen (secondary N) is 1. The first-order chi connectivity index (χ1) is 8.75. The number of benzene rings is 1. The number of nitrogens with zero attached hydrogens (tertiary/aromatic N) is 2. The second-order valence-electron chi connectivity index (χ2n) is 5.26. The fourth-order valence-electron chi connectivity index (χ4n) is 2.43. The lowest BCUT2D eigenvalue weighted by Gasteiger charge is -2.27. The van der Waals surface area contributed by atoms with Crippen LogP contribution < -0.4 is 10.2 Å². The smallest absolute Gasteiger partial charge is 0.0363 e. The Balaban J connectivity index is 1.77. The van der Waals surface area contributed by atoms with Gasteiger partial charge in [0, 0.05) is 46.0 Å². The van der Waals surface area contributed by atoms with E-state index in [1.54, 1.807) is 0 Å². The maximum Gasteiger partial charge on any atom is 0.0363 e. The Kier molecular flexibility index (Phi) is 5.02. The quantitative estimate of drug-likeness (QED) is 0.852. The van der Waals surface area contributed by atoms with Crippen LogP contribution in [0.2, 0.25) is 0 Å². The second-order valence-corrected chi connectivity index (χ2v) is 5.26.